The van der Waals surface area contributed by atoms with E-state index in [4.69, 9.17) is 17.3 Å². The molecule has 4 nitrogen and oxygen atoms in total. The van der Waals surface area contributed by atoms with Crippen LogP contribution in [-0.2, 0) is 6.42 Å². The molecule has 0 spiro atoms. The fourth-order valence-electron chi connectivity index (χ4n) is 2.21. The number of carbonyl (C=O) groups is 1. The number of carbonyl (C=O) groups excluding carboxylic acids is 1. The molecule has 6 heteroatoms. The smallest absolute Gasteiger partial charge is 0.253 e. The van der Waals surface area contributed by atoms with Crippen molar-refractivity contribution in [3.63, 3.8) is 0 Å². The molecule has 108 valence electrons. The molecule has 1 amide bonds. The molecule has 3 aromatic rings. The van der Waals surface area contributed by atoms with Crippen LogP contribution in [0.4, 0.5) is 5.69 Å². The molecule has 0 saturated carbocycles. The maximum Gasteiger partial charge on any atom is 0.253 e. The van der Waals surface area contributed by atoms with Crippen molar-refractivity contribution in [1.29, 1.82) is 0 Å². The van der Waals surface area contributed by atoms with Gasteiger partial charge in [0.05, 0.1) is 9.90 Å². The number of nitrogens with two attached hydrogens (primary N) is 1. The molecule has 2 aromatic heterocycles. The van der Waals surface area contributed by atoms with Crippen molar-refractivity contribution in [2.75, 3.05) is 12.3 Å². The summed E-state index contributed by atoms with van der Waals surface area (Å²) < 4.78 is 0.767. The lowest BCUT2D eigenvalue weighted by molar-refractivity contribution is 0.0956. The highest BCUT2D eigenvalue weighted by Crippen LogP contribution is 2.22. The SMILES string of the molecule is Nc1ccc2[nH]cc(C(=O)NCCc3ccc(Cl)s3)c2c1. The second kappa shape index (κ2) is 5.79. The Bertz CT molecular complexity index is 793. The summed E-state index contributed by atoms with van der Waals surface area (Å²) in [7, 11) is 0. The Labute approximate surface area is 130 Å². The summed E-state index contributed by atoms with van der Waals surface area (Å²) in [6.07, 6.45) is 2.48. The normalized spacial score (nSPS) is 10.9. The molecule has 1 aromatic carbocycles. The summed E-state index contributed by atoms with van der Waals surface area (Å²) in [6, 6.07) is 9.33. The van der Waals surface area contributed by atoms with Crippen molar-refractivity contribution >= 4 is 45.4 Å². The maximum atomic E-state index is 12.2. The second-order valence-corrected chi connectivity index (χ2v) is 6.52. The Balaban J connectivity index is 1.68. The van der Waals surface area contributed by atoms with Crippen molar-refractivity contribution in [1.82, 2.24) is 10.3 Å². The first-order chi connectivity index (χ1) is 10.1. The van der Waals surface area contributed by atoms with Gasteiger partial charge in [-0.1, -0.05) is 11.6 Å². The third kappa shape index (κ3) is 3.04. The highest BCUT2D eigenvalue weighted by Gasteiger charge is 2.11. The van der Waals surface area contributed by atoms with Crippen LogP contribution in [0.15, 0.2) is 36.5 Å². The van der Waals surface area contributed by atoms with Gasteiger partial charge in [0, 0.05) is 34.2 Å². The van der Waals surface area contributed by atoms with E-state index in [2.05, 4.69) is 10.3 Å². The largest absolute Gasteiger partial charge is 0.399 e. The summed E-state index contributed by atoms with van der Waals surface area (Å²) in [5.41, 5.74) is 7.93. The quantitative estimate of drug-likeness (QED) is 0.645. The number of rotatable bonds is 4. The number of benzene rings is 1. The Morgan fingerprint density at radius 2 is 2.19 bits per heavy atom. The number of aromatic amines is 1. The number of hydrogen-bond acceptors (Lipinski definition) is 3. The third-order valence-electron chi connectivity index (χ3n) is 3.24. The molecule has 0 radical (unpaired) electrons. The van der Waals surface area contributed by atoms with Crippen LogP contribution in [-0.4, -0.2) is 17.4 Å². The minimum Gasteiger partial charge on any atom is -0.399 e. The number of thiophene rings is 1. The van der Waals surface area contributed by atoms with E-state index in [0.717, 1.165) is 26.5 Å². The number of hydrogen-bond donors (Lipinski definition) is 3. The Morgan fingerprint density at radius 3 is 2.95 bits per heavy atom. The number of fused-ring (bicyclic) bond motifs is 1. The molecule has 0 saturated heterocycles. The van der Waals surface area contributed by atoms with Crippen LogP contribution in [0.1, 0.15) is 15.2 Å². The zero-order valence-corrected chi connectivity index (χ0v) is 12.7. The fraction of sp³-hybridized carbons (Fsp3) is 0.133. The van der Waals surface area contributed by atoms with Gasteiger partial charge in [-0.2, -0.15) is 0 Å². The zero-order chi connectivity index (χ0) is 14.8. The number of anilines is 1. The minimum absolute atomic E-state index is 0.102. The summed E-state index contributed by atoms with van der Waals surface area (Å²) in [5.74, 6) is -0.102. The lowest BCUT2D eigenvalue weighted by Gasteiger charge is -2.03. The van der Waals surface area contributed by atoms with E-state index in [9.17, 15) is 4.79 Å². The molecule has 0 bridgehead atoms. The summed E-state index contributed by atoms with van der Waals surface area (Å²) in [4.78, 5) is 16.5. The van der Waals surface area contributed by atoms with Gasteiger partial charge in [0.15, 0.2) is 0 Å². The number of halogens is 1. The summed E-state index contributed by atoms with van der Waals surface area (Å²) in [6.45, 7) is 0.574. The first kappa shape index (κ1) is 14.0. The first-order valence-electron chi connectivity index (χ1n) is 6.52. The van der Waals surface area contributed by atoms with Crippen LogP contribution in [0.25, 0.3) is 10.9 Å². The van der Waals surface area contributed by atoms with E-state index >= 15 is 0 Å². The number of H-pyrrole nitrogens is 1. The molecule has 2 heterocycles. The van der Waals surface area contributed by atoms with Gasteiger partial charge in [-0.25, -0.2) is 0 Å². The van der Waals surface area contributed by atoms with Crippen molar-refractivity contribution in [2.45, 2.75) is 6.42 Å². The lowest BCUT2D eigenvalue weighted by atomic mass is 10.1. The van der Waals surface area contributed by atoms with Gasteiger partial charge < -0.3 is 16.0 Å². The topological polar surface area (TPSA) is 70.9 Å². The van der Waals surface area contributed by atoms with Crippen LogP contribution in [0.2, 0.25) is 4.34 Å². The van der Waals surface area contributed by atoms with Gasteiger partial charge in [-0.15, -0.1) is 11.3 Å². The Hall–Kier alpha value is -1.98. The number of nitrogens with one attached hydrogen (secondary N) is 2. The van der Waals surface area contributed by atoms with E-state index < -0.39 is 0 Å². The monoisotopic (exact) mass is 319 g/mol. The molecular formula is C15H14ClN3OS. The predicted octanol–water partition coefficient (Wildman–Crippen LogP) is 3.44. The standard InChI is InChI=1S/C15H14ClN3OS/c16-14-4-2-10(21-14)5-6-18-15(20)12-8-19-13-3-1-9(17)7-11(12)13/h1-4,7-8,19H,5-6,17H2,(H,18,20). The Morgan fingerprint density at radius 1 is 1.33 bits per heavy atom. The molecule has 0 aliphatic rings. The summed E-state index contributed by atoms with van der Waals surface area (Å²) in [5, 5.41) is 3.76. The van der Waals surface area contributed by atoms with Crippen LogP contribution >= 0.6 is 22.9 Å². The van der Waals surface area contributed by atoms with Crippen LogP contribution < -0.4 is 11.1 Å². The second-order valence-electron chi connectivity index (χ2n) is 4.72. The van der Waals surface area contributed by atoms with E-state index in [1.807, 2.05) is 18.2 Å². The highest BCUT2D eigenvalue weighted by atomic mass is 35.5. The van der Waals surface area contributed by atoms with Crippen molar-refractivity contribution in [3.05, 3.63) is 51.3 Å². The van der Waals surface area contributed by atoms with Crippen LogP contribution in [0.3, 0.4) is 0 Å². The molecule has 0 atom stereocenters. The molecule has 0 unspecified atom stereocenters. The van der Waals surface area contributed by atoms with E-state index in [0.29, 0.717) is 17.8 Å². The average molecular weight is 320 g/mol. The van der Waals surface area contributed by atoms with Gasteiger partial charge >= 0.3 is 0 Å². The van der Waals surface area contributed by atoms with Gasteiger partial charge in [-0.05, 0) is 36.8 Å². The molecular weight excluding hydrogens is 306 g/mol. The highest BCUT2D eigenvalue weighted by molar-refractivity contribution is 7.16. The molecule has 4 N–H and O–H groups in total. The molecule has 0 fully saturated rings. The molecule has 3 rings (SSSR count). The first-order valence-corrected chi connectivity index (χ1v) is 7.72. The minimum atomic E-state index is -0.102. The van der Waals surface area contributed by atoms with Crippen molar-refractivity contribution in [3.8, 4) is 0 Å². The van der Waals surface area contributed by atoms with Crippen LogP contribution in [0, 0.1) is 0 Å². The van der Waals surface area contributed by atoms with Gasteiger partial charge in [0.25, 0.3) is 5.91 Å². The molecule has 0 aliphatic heterocycles. The molecule has 21 heavy (non-hydrogen) atoms. The predicted molar refractivity (Wildman–Crippen MR) is 88.1 cm³/mol. The average Bonchev–Trinajstić information content (AvgIpc) is 3.04. The van der Waals surface area contributed by atoms with E-state index in [1.54, 1.807) is 18.3 Å². The van der Waals surface area contributed by atoms with Gasteiger partial charge in [0.2, 0.25) is 0 Å². The third-order valence-corrected chi connectivity index (χ3v) is 4.53. The van der Waals surface area contributed by atoms with Crippen LogP contribution in [0.5, 0.6) is 0 Å². The number of nitrogen functional groups attached to an aromatic ring is 1. The van der Waals surface area contributed by atoms with Crippen molar-refractivity contribution in [2.24, 2.45) is 0 Å². The number of aromatic nitrogens is 1. The Kier molecular flexibility index (Phi) is 3.86. The van der Waals surface area contributed by atoms with E-state index in [1.165, 1.54) is 11.3 Å². The van der Waals surface area contributed by atoms with Gasteiger partial charge in [-0.3, -0.25) is 4.79 Å². The number of amides is 1. The fourth-order valence-corrected chi connectivity index (χ4v) is 3.29. The summed E-state index contributed by atoms with van der Waals surface area (Å²) >= 11 is 7.41. The van der Waals surface area contributed by atoms with Gasteiger partial charge in [0.1, 0.15) is 0 Å². The molecule has 0 aliphatic carbocycles. The van der Waals surface area contributed by atoms with Crippen molar-refractivity contribution < 1.29 is 4.79 Å². The lowest BCUT2D eigenvalue weighted by Crippen LogP contribution is -2.25. The van der Waals surface area contributed by atoms with E-state index in [-0.39, 0.29) is 5.91 Å². The zero-order valence-electron chi connectivity index (χ0n) is 11.2. The maximum absolute atomic E-state index is 12.2.